The Morgan fingerprint density at radius 1 is 0.840 bits per heavy atom. The van der Waals surface area contributed by atoms with Gasteiger partial charge >= 0.3 is 0 Å². The molecule has 0 atom stereocenters. The van der Waals surface area contributed by atoms with Crippen LogP contribution in [0.5, 0.6) is 0 Å². The fourth-order valence-electron chi connectivity index (χ4n) is 3.21. The number of thiophene rings is 2. The molecule has 0 N–H and O–H groups in total. The molecule has 0 aliphatic rings. The van der Waals surface area contributed by atoms with Gasteiger partial charge in [0.15, 0.2) is 0 Å². The van der Waals surface area contributed by atoms with Crippen LogP contribution in [0.15, 0.2) is 47.2 Å². The van der Waals surface area contributed by atoms with E-state index in [0.717, 1.165) is 12.8 Å². The van der Waals surface area contributed by atoms with Gasteiger partial charge in [-0.3, -0.25) is 0 Å². The SMILES string of the molecule is CCC(C)=c1c(-c2cccs2)ccc(-c2cccs2)c1=C(CC)SC. The molecule has 1 aromatic carbocycles. The highest BCUT2D eigenvalue weighted by atomic mass is 32.2. The zero-order chi connectivity index (χ0) is 17.8. The maximum absolute atomic E-state index is 2.33. The van der Waals surface area contributed by atoms with Crippen LogP contribution in [0.3, 0.4) is 0 Å². The molecule has 0 fully saturated rings. The summed E-state index contributed by atoms with van der Waals surface area (Å²) in [6.07, 6.45) is 4.35. The smallest absolute Gasteiger partial charge is 0.0349 e. The lowest BCUT2D eigenvalue weighted by atomic mass is 9.97. The summed E-state index contributed by atoms with van der Waals surface area (Å²) in [7, 11) is 0. The predicted molar refractivity (Wildman–Crippen MR) is 119 cm³/mol. The average molecular weight is 385 g/mol. The summed E-state index contributed by atoms with van der Waals surface area (Å²) in [4.78, 5) is 4.20. The lowest BCUT2D eigenvalue weighted by Gasteiger charge is -2.12. The van der Waals surface area contributed by atoms with Crippen LogP contribution in [-0.4, -0.2) is 6.26 Å². The summed E-state index contributed by atoms with van der Waals surface area (Å²) in [5.41, 5.74) is 4.23. The van der Waals surface area contributed by atoms with Gasteiger partial charge in [-0.1, -0.05) is 43.7 Å². The van der Waals surface area contributed by atoms with Crippen molar-refractivity contribution in [2.24, 2.45) is 0 Å². The quantitative estimate of drug-likeness (QED) is 0.477. The maximum Gasteiger partial charge on any atom is 0.0349 e. The van der Waals surface area contributed by atoms with Crippen LogP contribution in [0.1, 0.15) is 33.6 Å². The maximum atomic E-state index is 2.33. The minimum atomic E-state index is 1.07. The van der Waals surface area contributed by atoms with E-state index in [1.807, 2.05) is 34.4 Å². The number of benzene rings is 1. The lowest BCUT2D eigenvalue weighted by Crippen LogP contribution is -2.32. The lowest BCUT2D eigenvalue weighted by molar-refractivity contribution is 1.19. The average Bonchev–Trinajstić information content (AvgIpc) is 3.35. The first kappa shape index (κ1) is 18.5. The Hall–Kier alpha value is -1.29. The molecule has 0 amide bonds. The van der Waals surface area contributed by atoms with Crippen LogP contribution in [0, 0.1) is 0 Å². The number of hydrogen-bond acceptors (Lipinski definition) is 3. The molecule has 0 radical (unpaired) electrons. The second-order valence-corrected chi connectivity index (χ2v) is 8.78. The van der Waals surface area contributed by atoms with Crippen LogP contribution < -0.4 is 10.4 Å². The summed E-state index contributed by atoms with van der Waals surface area (Å²) >= 11 is 5.55. The van der Waals surface area contributed by atoms with Crippen LogP contribution >= 0.6 is 34.4 Å². The van der Waals surface area contributed by atoms with Crippen molar-refractivity contribution in [3.63, 3.8) is 0 Å². The van der Waals surface area contributed by atoms with Gasteiger partial charge in [0.25, 0.3) is 0 Å². The molecule has 0 unspecified atom stereocenters. The van der Waals surface area contributed by atoms with Crippen molar-refractivity contribution in [2.45, 2.75) is 33.6 Å². The van der Waals surface area contributed by atoms with Gasteiger partial charge in [0.05, 0.1) is 0 Å². The summed E-state index contributed by atoms with van der Waals surface area (Å²) < 4.78 is 0. The molecule has 0 bridgehead atoms. The molecular formula is C22H24S3. The summed E-state index contributed by atoms with van der Waals surface area (Å²) in [5, 5.41) is 7.24. The monoisotopic (exact) mass is 384 g/mol. The molecule has 0 saturated carbocycles. The fraction of sp³-hybridized carbons (Fsp3) is 0.273. The molecule has 0 saturated heterocycles. The van der Waals surface area contributed by atoms with Crippen molar-refractivity contribution in [3.8, 4) is 20.9 Å². The Balaban J connectivity index is 2.54. The highest BCUT2D eigenvalue weighted by molar-refractivity contribution is 8.07. The third-order valence-corrected chi connectivity index (χ3v) is 7.37. The van der Waals surface area contributed by atoms with E-state index in [-0.39, 0.29) is 0 Å². The van der Waals surface area contributed by atoms with Crippen molar-refractivity contribution in [3.05, 3.63) is 57.6 Å². The standard InChI is InChI=1S/C22H24S3/c1-5-15(3)21-16(19-9-7-13-24-19)11-12-17(20-10-8-14-25-20)22(21)18(6-2)23-4/h7-14H,5-6H2,1-4H3. The van der Waals surface area contributed by atoms with Crippen LogP contribution in [-0.2, 0) is 0 Å². The Bertz CT molecular complexity index is 940. The van der Waals surface area contributed by atoms with E-state index >= 15 is 0 Å². The van der Waals surface area contributed by atoms with Gasteiger partial charge in [-0.25, -0.2) is 0 Å². The molecule has 0 aliphatic heterocycles. The normalized spacial score (nSPS) is 13.8. The Labute approximate surface area is 162 Å². The van der Waals surface area contributed by atoms with E-state index in [1.165, 1.54) is 41.8 Å². The minimum absolute atomic E-state index is 1.07. The summed E-state index contributed by atoms with van der Waals surface area (Å²) in [5.74, 6) is 0. The highest BCUT2D eigenvalue weighted by Crippen LogP contribution is 2.28. The van der Waals surface area contributed by atoms with Crippen LogP contribution in [0.25, 0.3) is 31.4 Å². The van der Waals surface area contributed by atoms with Gasteiger partial charge in [-0.05, 0) is 64.6 Å². The third kappa shape index (κ3) is 3.64. The molecule has 3 rings (SSSR count). The first-order valence-electron chi connectivity index (χ1n) is 8.68. The Kier molecular flexibility index (Phi) is 6.21. The number of hydrogen-bond donors (Lipinski definition) is 0. The third-order valence-electron chi connectivity index (χ3n) is 4.58. The van der Waals surface area contributed by atoms with E-state index < -0.39 is 0 Å². The number of thioether (sulfide) groups is 1. The van der Waals surface area contributed by atoms with Gasteiger partial charge in [-0.2, -0.15) is 0 Å². The van der Waals surface area contributed by atoms with Crippen LogP contribution in [0.2, 0.25) is 0 Å². The molecule has 3 heteroatoms. The highest BCUT2D eigenvalue weighted by Gasteiger charge is 2.12. The zero-order valence-electron chi connectivity index (χ0n) is 15.3. The van der Waals surface area contributed by atoms with E-state index in [1.54, 1.807) is 0 Å². The zero-order valence-corrected chi connectivity index (χ0v) is 17.7. The van der Waals surface area contributed by atoms with Crippen molar-refractivity contribution in [2.75, 3.05) is 6.26 Å². The largest absolute Gasteiger partial charge is 0.144 e. The Morgan fingerprint density at radius 3 is 1.80 bits per heavy atom. The van der Waals surface area contributed by atoms with Crippen molar-refractivity contribution in [1.29, 1.82) is 0 Å². The second-order valence-electron chi connectivity index (χ2n) is 5.98. The summed E-state index contributed by atoms with van der Waals surface area (Å²) in [6.45, 7) is 6.83. The van der Waals surface area contributed by atoms with E-state index in [4.69, 9.17) is 0 Å². The van der Waals surface area contributed by atoms with Gasteiger partial charge in [-0.15, -0.1) is 34.4 Å². The summed E-state index contributed by atoms with van der Waals surface area (Å²) in [6, 6.07) is 13.4. The van der Waals surface area contributed by atoms with Gasteiger partial charge in [0.2, 0.25) is 0 Å². The molecule has 0 nitrogen and oxygen atoms in total. The molecule has 2 heterocycles. The first-order chi connectivity index (χ1) is 12.2. The van der Waals surface area contributed by atoms with Gasteiger partial charge in [0.1, 0.15) is 0 Å². The van der Waals surface area contributed by atoms with Crippen LogP contribution in [0.4, 0.5) is 0 Å². The van der Waals surface area contributed by atoms with Crippen molar-refractivity contribution >= 4 is 44.9 Å². The van der Waals surface area contributed by atoms with E-state index in [0.29, 0.717) is 0 Å². The van der Waals surface area contributed by atoms with Crippen molar-refractivity contribution < 1.29 is 0 Å². The molecular weight excluding hydrogens is 360 g/mol. The second kappa shape index (κ2) is 8.39. The molecule has 2 aromatic heterocycles. The molecule has 130 valence electrons. The fourth-order valence-corrected chi connectivity index (χ4v) is 5.43. The molecule has 3 aromatic rings. The van der Waals surface area contributed by atoms with Gasteiger partial charge < -0.3 is 0 Å². The minimum Gasteiger partial charge on any atom is -0.144 e. The predicted octanol–water partition coefficient (Wildman–Crippen LogP) is 6.61. The van der Waals surface area contributed by atoms with E-state index in [2.05, 4.69) is 74.2 Å². The van der Waals surface area contributed by atoms with E-state index in [9.17, 15) is 0 Å². The topological polar surface area (TPSA) is 0 Å². The number of rotatable bonds is 5. The molecule has 0 aliphatic carbocycles. The Morgan fingerprint density at radius 2 is 1.40 bits per heavy atom. The molecule has 25 heavy (non-hydrogen) atoms. The van der Waals surface area contributed by atoms with Crippen molar-refractivity contribution in [1.82, 2.24) is 0 Å². The van der Waals surface area contributed by atoms with Gasteiger partial charge in [0, 0.05) is 20.5 Å². The molecule has 0 spiro atoms. The first-order valence-corrected chi connectivity index (χ1v) is 11.7.